The number of hydrogen-bond acceptors (Lipinski definition) is 3. The van der Waals surface area contributed by atoms with Gasteiger partial charge in [-0.1, -0.05) is 0 Å². The second kappa shape index (κ2) is 5.46. The van der Waals surface area contributed by atoms with Gasteiger partial charge in [-0.3, -0.25) is 4.68 Å². The van der Waals surface area contributed by atoms with Gasteiger partial charge in [0.25, 0.3) is 0 Å². The highest BCUT2D eigenvalue weighted by Gasteiger charge is 2.21. The van der Waals surface area contributed by atoms with Crippen molar-refractivity contribution >= 4 is 0 Å². The molecule has 0 amide bonds. The molecule has 90 valence electrons. The molecule has 0 bridgehead atoms. The van der Waals surface area contributed by atoms with Crippen LogP contribution < -0.4 is 5.32 Å². The van der Waals surface area contributed by atoms with Gasteiger partial charge in [0.05, 0.1) is 12.2 Å². The fourth-order valence-corrected chi connectivity index (χ4v) is 2.30. The van der Waals surface area contributed by atoms with Crippen molar-refractivity contribution in [3.63, 3.8) is 0 Å². The molecule has 1 aliphatic heterocycles. The molecule has 1 N–H and O–H groups in total. The van der Waals surface area contributed by atoms with E-state index in [9.17, 15) is 0 Å². The second-order valence-corrected chi connectivity index (χ2v) is 4.74. The maximum atomic E-state index is 4.48. The van der Waals surface area contributed by atoms with Gasteiger partial charge in [0.2, 0.25) is 0 Å². The van der Waals surface area contributed by atoms with Gasteiger partial charge in [-0.15, -0.1) is 0 Å². The molecular formula is C12H22N4. The van der Waals surface area contributed by atoms with Crippen LogP contribution in [0, 0.1) is 0 Å². The lowest BCUT2D eigenvalue weighted by atomic mass is 10.2. The second-order valence-electron chi connectivity index (χ2n) is 4.74. The van der Waals surface area contributed by atoms with E-state index in [1.807, 2.05) is 13.2 Å². The van der Waals surface area contributed by atoms with Crippen molar-refractivity contribution < 1.29 is 0 Å². The zero-order chi connectivity index (χ0) is 11.4. The molecule has 4 heteroatoms. The summed E-state index contributed by atoms with van der Waals surface area (Å²) in [4.78, 5) is 2.37. The zero-order valence-corrected chi connectivity index (χ0v) is 10.3. The Balaban J connectivity index is 1.87. The van der Waals surface area contributed by atoms with E-state index in [0.29, 0.717) is 6.04 Å². The van der Waals surface area contributed by atoms with Gasteiger partial charge in [0, 0.05) is 12.7 Å². The summed E-state index contributed by atoms with van der Waals surface area (Å²) in [5, 5.41) is 7.65. The summed E-state index contributed by atoms with van der Waals surface area (Å²) in [5.41, 5.74) is 1.37. The smallest absolute Gasteiger partial charge is 0.0658 e. The van der Waals surface area contributed by atoms with Gasteiger partial charge >= 0.3 is 0 Å². The number of rotatable bonds is 5. The van der Waals surface area contributed by atoms with Gasteiger partial charge in [-0.2, -0.15) is 5.10 Å². The molecule has 2 rings (SSSR count). The number of aryl methyl sites for hydroxylation is 1. The zero-order valence-electron chi connectivity index (χ0n) is 10.3. The third-order valence-electron chi connectivity index (χ3n) is 3.29. The minimum absolute atomic E-state index is 0.586. The standard InChI is InChI=1S/C12H22N4/c1-13-6-3-4-11-8-14-16(9-11)12-5-7-15(2)10-12/h8-9,12-13H,3-7,10H2,1-2H3. The van der Waals surface area contributed by atoms with Crippen molar-refractivity contribution in [1.29, 1.82) is 0 Å². The number of nitrogens with zero attached hydrogens (tertiary/aromatic N) is 3. The maximum absolute atomic E-state index is 4.48. The largest absolute Gasteiger partial charge is 0.320 e. The maximum Gasteiger partial charge on any atom is 0.0658 e. The monoisotopic (exact) mass is 222 g/mol. The van der Waals surface area contributed by atoms with Crippen molar-refractivity contribution in [3.8, 4) is 0 Å². The van der Waals surface area contributed by atoms with E-state index >= 15 is 0 Å². The molecule has 1 aliphatic rings. The molecule has 4 nitrogen and oxygen atoms in total. The van der Waals surface area contributed by atoms with Crippen LogP contribution in [0.2, 0.25) is 0 Å². The van der Waals surface area contributed by atoms with E-state index < -0.39 is 0 Å². The van der Waals surface area contributed by atoms with Crippen LogP contribution in [-0.4, -0.2) is 48.4 Å². The quantitative estimate of drug-likeness (QED) is 0.752. The van der Waals surface area contributed by atoms with E-state index in [1.54, 1.807) is 0 Å². The first-order valence-electron chi connectivity index (χ1n) is 6.16. The first-order chi connectivity index (χ1) is 7.79. The van der Waals surface area contributed by atoms with Crippen LogP contribution in [0.15, 0.2) is 12.4 Å². The molecule has 1 saturated heterocycles. The van der Waals surface area contributed by atoms with Crippen molar-refractivity contribution in [3.05, 3.63) is 18.0 Å². The van der Waals surface area contributed by atoms with E-state index in [4.69, 9.17) is 0 Å². The minimum atomic E-state index is 0.586. The molecule has 1 aromatic heterocycles. The lowest BCUT2D eigenvalue weighted by Gasteiger charge is -2.10. The normalized spacial score (nSPS) is 21.8. The first kappa shape index (κ1) is 11.6. The van der Waals surface area contributed by atoms with Crippen LogP contribution in [0.25, 0.3) is 0 Å². The van der Waals surface area contributed by atoms with E-state index in [0.717, 1.165) is 19.5 Å². The number of hydrogen-bond donors (Lipinski definition) is 1. The van der Waals surface area contributed by atoms with Crippen LogP contribution >= 0.6 is 0 Å². The van der Waals surface area contributed by atoms with E-state index in [-0.39, 0.29) is 0 Å². The molecule has 0 aliphatic carbocycles. The Morgan fingerprint density at radius 2 is 2.44 bits per heavy atom. The Morgan fingerprint density at radius 3 is 3.12 bits per heavy atom. The van der Waals surface area contributed by atoms with Gasteiger partial charge in [-0.25, -0.2) is 0 Å². The molecule has 0 saturated carbocycles. The molecule has 1 aromatic rings. The molecule has 1 unspecified atom stereocenters. The van der Waals surface area contributed by atoms with Gasteiger partial charge in [0.1, 0.15) is 0 Å². The minimum Gasteiger partial charge on any atom is -0.320 e. The fraction of sp³-hybridized carbons (Fsp3) is 0.750. The summed E-state index contributed by atoms with van der Waals surface area (Å²) in [6.07, 6.45) is 7.79. The molecule has 0 spiro atoms. The number of likely N-dealkylation sites (tertiary alicyclic amines) is 1. The van der Waals surface area contributed by atoms with Gasteiger partial charge in [0.15, 0.2) is 0 Å². The Hall–Kier alpha value is -0.870. The molecule has 0 aromatic carbocycles. The van der Waals surface area contributed by atoms with Crippen molar-refractivity contribution in [2.24, 2.45) is 0 Å². The van der Waals surface area contributed by atoms with E-state index in [2.05, 4.69) is 33.2 Å². The Morgan fingerprint density at radius 1 is 1.56 bits per heavy atom. The first-order valence-corrected chi connectivity index (χ1v) is 6.16. The number of aromatic nitrogens is 2. The summed E-state index contributed by atoms with van der Waals surface area (Å²) in [6, 6.07) is 0.586. The van der Waals surface area contributed by atoms with Crippen LogP contribution in [-0.2, 0) is 6.42 Å². The van der Waals surface area contributed by atoms with Gasteiger partial charge in [-0.05, 0) is 52.0 Å². The summed E-state index contributed by atoms with van der Waals surface area (Å²) in [5.74, 6) is 0. The Labute approximate surface area is 97.6 Å². The average Bonchev–Trinajstić information content (AvgIpc) is 2.87. The van der Waals surface area contributed by atoms with Crippen LogP contribution in [0.4, 0.5) is 0 Å². The average molecular weight is 222 g/mol. The number of likely N-dealkylation sites (N-methyl/N-ethyl adjacent to an activating group) is 1. The van der Waals surface area contributed by atoms with Crippen molar-refractivity contribution in [1.82, 2.24) is 20.0 Å². The van der Waals surface area contributed by atoms with E-state index in [1.165, 1.54) is 24.9 Å². The highest BCUT2D eigenvalue weighted by molar-refractivity contribution is 5.05. The lowest BCUT2D eigenvalue weighted by molar-refractivity contribution is 0.382. The van der Waals surface area contributed by atoms with Crippen LogP contribution in [0.5, 0.6) is 0 Å². The summed E-state index contributed by atoms with van der Waals surface area (Å²) >= 11 is 0. The van der Waals surface area contributed by atoms with Crippen molar-refractivity contribution in [2.45, 2.75) is 25.3 Å². The Bertz CT molecular complexity index is 321. The molecule has 1 atom stereocenters. The molecule has 0 radical (unpaired) electrons. The Kier molecular flexibility index (Phi) is 3.96. The molecule has 1 fully saturated rings. The third kappa shape index (κ3) is 2.83. The third-order valence-corrected chi connectivity index (χ3v) is 3.29. The summed E-state index contributed by atoms with van der Waals surface area (Å²) in [6.45, 7) is 3.41. The highest BCUT2D eigenvalue weighted by atomic mass is 15.3. The fourth-order valence-electron chi connectivity index (χ4n) is 2.30. The number of nitrogens with one attached hydrogen (secondary N) is 1. The highest BCUT2D eigenvalue weighted by Crippen LogP contribution is 2.19. The van der Waals surface area contributed by atoms with Crippen LogP contribution in [0.3, 0.4) is 0 Å². The SMILES string of the molecule is CNCCCc1cnn(C2CCN(C)C2)c1. The van der Waals surface area contributed by atoms with Gasteiger partial charge < -0.3 is 10.2 Å². The molecule has 16 heavy (non-hydrogen) atoms. The summed E-state index contributed by atoms with van der Waals surface area (Å²) < 4.78 is 2.15. The lowest BCUT2D eigenvalue weighted by Crippen LogP contribution is -2.16. The predicted molar refractivity (Wildman–Crippen MR) is 65.6 cm³/mol. The summed E-state index contributed by atoms with van der Waals surface area (Å²) in [7, 11) is 4.18. The topological polar surface area (TPSA) is 33.1 Å². The molecule has 2 heterocycles. The van der Waals surface area contributed by atoms with Crippen molar-refractivity contribution in [2.75, 3.05) is 33.7 Å². The van der Waals surface area contributed by atoms with Crippen LogP contribution in [0.1, 0.15) is 24.4 Å². The predicted octanol–water partition coefficient (Wildman–Crippen LogP) is 0.912. The molecular weight excluding hydrogens is 200 g/mol.